The first-order valence-corrected chi connectivity index (χ1v) is 8.09. The number of nitrogens with one attached hydrogen (secondary N) is 1. The molecule has 6 nitrogen and oxygen atoms in total. The summed E-state index contributed by atoms with van der Waals surface area (Å²) in [5.74, 6) is 0. The Morgan fingerprint density at radius 3 is 3.05 bits per heavy atom. The number of hydrogen-bond acceptors (Lipinski definition) is 4. The summed E-state index contributed by atoms with van der Waals surface area (Å²) in [7, 11) is 0. The highest BCUT2D eigenvalue weighted by molar-refractivity contribution is 7.09. The predicted molar refractivity (Wildman–Crippen MR) is 85.2 cm³/mol. The lowest BCUT2D eigenvalue weighted by molar-refractivity contribution is 0.243. The number of rotatable bonds is 3. The van der Waals surface area contributed by atoms with E-state index < -0.39 is 6.03 Å². The van der Waals surface area contributed by atoms with Gasteiger partial charge in [-0.05, 0) is 31.7 Å². The van der Waals surface area contributed by atoms with Gasteiger partial charge < -0.3 is 15.6 Å². The maximum Gasteiger partial charge on any atom is 0.312 e. The number of aryl methyl sites for hydroxylation is 1. The summed E-state index contributed by atoms with van der Waals surface area (Å²) in [4.78, 5) is 27.6. The van der Waals surface area contributed by atoms with Crippen molar-refractivity contribution in [1.29, 1.82) is 0 Å². The van der Waals surface area contributed by atoms with E-state index >= 15 is 0 Å². The number of urea groups is 1. The first kappa shape index (κ1) is 14.8. The average Bonchev–Trinajstić information content (AvgIpc) is 2.87. The molecule has 22 heavy (non-hydrogen) atoms. The zero-order chi connectivity index (χ0) is 15.7. The van der Waals surface area contributed by atoms with Crippen molar-refractivity contribution < 1.29 is 4.79 Å². The monoisotopic (exact) mass is 318 g/mol. The molecule has 0 spiro atoms. The number of primary amides is 1. The van der Waals surface area contributed by atoms with Gasteiger partial charge in [-0.3, -0.25) is 4.79 Å². The third-order valence-electron chi connectivity index (χ3n) is 3.92. The van der Waals surface area contributed by atoms with Crippen molar-refractivity contribution in [3.63, 3.8) is 0 Å². The molecule has 0 bridgehead atoms. The van der Waals surface area contributed by atoms with E-state index in [1.165, 1.54) is 0 Å². The fourth-order valence-corrected chi connectivity index (χ4v) is 3.57. The highest BCUT2D eigenvalue weighted by atomic mass is 32.1. The molecule has 2 heterocycles. The predicted octanol–water partition coefficient (Wildman–Crippen LogP) is 1.19. The van der Waals surface area contributed by atoms with Crippen LogP contribution in [0.2, 0.25) is 0 Å². The van der Waals surface area contributed by atoms with E-state index in [-0.39, 0.29) is 11.6 Å². The summed E-state index contributed by atoms with van der Waals surface area (Å²) in [6.07, 6.45) is 2.24. The van der Waals surface area contributed by atoms with Crippen molar-refractivity contribution in [3.05, 3.63) is 49.8 Å². The van der Waals surface area contributed by atoms with Crippen molar-refractivity contribution in [3.8, 4) is 0 Å². The number of fused-ring (bicyclic) bond motifs is 1. The molecule has 0 saturated carbocycles. The van der Waals surface area contributed by atoms with Crippen LogP contribution in [0.5, 0.6) is 0 Å². The maximum absolute atomic E-state index is 12.2. The Hall–Kier alpha value is -2.15. The fourth-order valence-electron chi connectivity index (χ4n) is 2.96. The largest absolute Gasteiger partial charge is 0.352 e. The van der Waals surface area contributed by atoms with Crippen LogP contribution in [0.1, 0.15) is 28.4 Å². The number of thiazole rings is 1. The van der Waals surface area contributed by atoms with Gasteiger partial charge in [0, 0.05) is 23.2 Å². The van der Waals surface area contributed by atoms with E-state index in [2.05, 4.69) is 10.3 Å². The molecule has 1 aliphatic carbocycles. The van der Waals surface area contributed by atoms with Crippen LogP contribution in [0.15, 0.2) is 22.3 Å². The topological polar surface area (TPSA) is 90.0 Å². The van der Waals surface area contributed by atoms with Crippen LogP contribution >= 0.6 is 11.3 Å². The second-order valence-electron chi connectivity index (χ2n) is 5.54. The number of hydrogen-bond donors (Lipinski definition) is 2. The molecule has 3 rings (SSSR count). The minimum atomic E-state index is -0.500. The average molecular weight is 318 g/mol. The molecule has 0 aromatic carbocycles. The van der Waals surface area contributed by atoms with Gasteiger partial charge in [-0.25, -0.2) is 9.78 Å². The Morgan fingerprint density at radius 1 is 1.55 bits per heavy atom. The molecule has 3 N–H and O–H groups in total. The van der Waals surface area contributed by atoms with E-state index in [1.807, 2.05) is 18.4 Å². The molecular weight excluding hydrogens is 300 g/mol. The molecule has 0 fully saturated rings. The molecule has 1 aliphatic rings. The number of carbonyl (C=O) groups is 1. The third kappa shape index (κ3) is 3.04. The van der Waals surface area contributed by atoms with E-state index in [9.17, 15) is 9.59 Å². The van der Waals surface area contributed by atoms with Crippen molar-refractivity contribution in [1.82, 2.24) is 14.9 Å². The summed E-state index contributed by atoms with van der Waals surface area (Å²) in [6.45, 7) is 2.46. The number of aromatic nitrogens is 2. The summed E-state index contributed by atoms with van der Waals surface area (Å²) in [5.41, 5.74) is 8.23. The molecule has 0 radical (unpaired) electrons. The lowest BCUT2D eigenvalue weighted by atomic mass is 9.91. The molecular formula is C15H18N4O2S. The van der Waals surface area contributed by atoms with Crippen LogP contribution in [0.25, 0.3) is 0 Å². The van der Waals surface area contributed by atoms with Gasteiger partial charge in [-0.15, -0.1) is 11.3 Å². The zero-order valence-electron chi connectivity index (χ0n) is 12.3. The second-order valence-corrected chi connectivity index (χ2v) is 6.60. The van der Waals surface area contributed by atoms with E-state index in [0.717, 1.165) is 34.8 Å². The molecule has 0 aliphatic heterocycles. The number of carbonyl (C=O) groups excluding carboxylic acids is 1. The van der Waals surface area contributed by atoms with Crippen LogP contribution in [-0.4, -0.2) is 21.6 Å². The van der Waals surface area contributed by atoms with Crippen molar-refractivity contribution in [2.75, 3.05) is 0 Å². The Balaban J connectivity index is 1.89. The Bertz CT molecular complexity index is 765. The summed E-state index contributed by atoms with van der Waals surface area (Å²) < 4.78 is 1.80. The lowest BCUT2D eigenvalue weighted by Crippen LogP contribution is -2.43. The Morgan fingerprint density at radius 2 is 2.36 bits per heavy atom. The number of nitrogens with zero attached hydrogens (tertiary/aromatic N) is 2. The Kier molecular flexibility index (Phi) is 3.98. The molecule has 0 unspecified atom stereocenters. The number of nitrogens with two attached hydrogens (primary N) is 1. The Labute approximate surface area is 132 Å². The van der Waals surface area contributed by atoms with Crippen LogP contribution in [0, 0.1) is 6.92 Å². The molecule has 1 atom stereocenters. The van der Waals surface area contributed by atoms with Crippen LogP contribution in [0.4, 0.5) is 4.79 Å². The van der Waals surface area contributed by atoms with Gasteiger partial charge in [0.1, 0.15) is 0 Å². The SMILES string of the molecule is Cc1nc(Cn2c3c(ccc2=O)C[C@@H](NC(N)=O)CC3)cs1. The van der Waals surface area contributed by atoms with Crippen LogP contribution in [-0.2, 0) is 19.4 Å². The normalized spacial score (nSPS) is 17.0. The number of pyridine rings is 1. The first-order valence-electron chi connectivity index (χ1n) is 7.21. The quantitative estimate of drug-likeness (QED) is 0.890. The van der Waals surface area contributed by atoms with Gasteiger partial charge in [-0.1, -0.05) is 6.07 Å². The third-order valence-corrected chi connectivity index (χ3v) is 4.74. The van der Waals surface area contributed by atoms with Crippen molar-refractivity contribution in [2.45, 2.75) is 38.8 Å². The standard InChI is InChI=1S/C15H18N4O2S/c1-9-17-12(8-22-9)7-19-13-4-3-11(18-15(16)21)6-10(13)2-5-14(19)20/h2,5,8,11H,3-4,6-7H2,1H3,(H3,16,18,21)/t11-/m0/s1. The highest BCUT2D eigenvalue weighted by Crippen LogP contribution is 2.21. The van der Waals surface area contributed by atoms with Gasteiger partial charge >= 0.3 is 6.03 Å². The minimum absolute atomic E-state index is 0.00860. The second kappa shape index (κ2) is 5.92. The lowest BCUT2D eigenvalue weighted by Gasteiger charge is -2.27. The van der Waals surface area contributed by atoms with E-state index in [4.69, 9.17) is 5.73 Å². The van der Waals surface area contributed by atoms with Gasteiger partial charge in [0.2, 0.25) is 0 Å². The molecule has 2 aromatic rings. The van der Waals surface area contributed by atoms with E-state index in [0.29, 0.717) is 13.0 Å². The summed E-state index contributed by atoms with van der Waals surface area (Å²) >= 11 is 1.59. The molecule has 2 amide bonds. The zero-order valence-corrected chi connectivity index (χ0v) is 13.2. The smallest absolute Gasteiger partial charge is 0.312 e. The van der Waals surface area contributed by atoms with Crippen LogP contribution in [0.3, 0.4) is 0 Å². The molecule has 2 aromatic heterocycles. The summed E-state index contributed by atoms with van der Waals surface area (Å²) in [5, 5.41) is 5.74. The minimum Gasteiger partial charge on any atom is -0.352 e. The van der Waals surface area contributed by atoms with Crippen LogP contribution < -0.4 is 16.6 Å². The summed E-state index contributed by atoms with van der Waals surface area (Å²) in [6, 6.07) is 2.98. The highest BCUT2D eigenvalue weighted by Gasteiger charge is 2.22. The van der Waals surface area contributed by atoms with Gasteiger partial charge in [0.05, 0.1) is 17.2 Å². The van der Waals surface area contributed by atoms with E-state index in [1.54, 1.807) is 22.0 Å². The van der Waals surface area contributed by atoms with Crippen molar-refractivity contribution >= 4 is 17.4 Å². The van der Waals surface area contributed by atoms with Gasteiger partial charge in [-0.2, -0.15) is 0 Å². The van der Waals surface area contributed by atoms with Gasteiger partial charge in [0.15, 0.2) is 0 Å². The molecule has 116 valence electrons. The fraction of sp³-hybridized carbons (Fsp3) is 0.400. The maximum atomic E-state index is 12.2. The van der Waals surface area contributed by atoms with Gasteiger partial charge in [0.25, 0.3) is 5.56 Å². The van der Waals surface area contributed by atoms with Crippen molar-refractivity contribution in [2.24, 2.45) is 5.73 Å². The number of amides is 2. The molecule has 0 saturated heterocycles. The molecule has 7 heteroatoms. The first-order chi connectivity index (χ1) is 10.5.